The molecule has 0 radical (unpaired) electrons. The molecule has 1 fully saturated rings. The second-order valence-corrected chi connectivity index (χ2v) is 8.55. The summed E-state index contributed by atoms with van der Waals surface area (Å²) in [4.78, 5) is 4.92. The molecule has 1 aromatic heterocycles. The van der Waals surface area contributed by atoms with Gasteiger partial charge in [-0.05, 0) is 45.8 Å². The fourth-order valence-corrected chi connectivity index (χ4v) is 4.77. The Morgan fingerprint density at radius 2 is 1.53 bits per heavy atom. The average molecular weight is 455 g/mol. The first-order valence-electron chi connectivity index (χ1n) is 11.6. The molecule has 0 unspecified atom stereocenters. The predicted molar refractivity (Wildman–Crippen MR) is 128 cm³/mol. The largest absolute Gasteiger partial charge is 0.454 e. The van der Waals surface area contributed by atoms with Crippen LogP contribution in [-0.2, 0) is 6.54 Å². The van der Waals surface area contributed by atoms with Gasteiger partial charge in [-0.3, -0.25) is 4.90 Å². The second-order valence-electron chi connectivity index (χ2n) is 8.55. The summed E-state index contributed by atoms with van der Waals surface area (Å²) < 4.78 is 12.9. The molecule has 3 heterocycles. The Morgan fingerprint density at radius 1 is 0.794 bits per heavy atom. The van der Waals surface area contributed by atoms with Gasteiger partial charge in [0, 0.05) is 31.9 Å². The van der Waals surface area contributed by atoms with Crippen LogP contribution in [0.3, 0.4) is 0 Å². The number of tetrazole rings is 1. The third-order valence-electron chi connectivity index (χ3n) is 6.49. The zero-order chi connectivity index (χ0) is 22.7. The first-order chi connectivity index (χ1) is 16.8. The van der Waals surface area contributed by atoms with Crippen molar-refractivity contribution < 1.29 is 9.47 Å². The van der Waals surface area contributed by atoms with Gasteiger partial charge in [-0.1, -0.05) is 54.6 Å². The molecule has 3 aromatic carbocycles. The topological polar surface area (TPSA) is 68.5 Å². The van der Waals surface area contributed by atoms with Crippen molar-refractivity contribution in [3.8, 4) is 11.5 Å². The number of fused-ring (bicyclic) bond motifs is 1. The van der Waals surface area contributed by atoms with E-state index in [9.17, 15) is 0 Å². The highest BCUT2D eigenvalue weighted by Crippen LogP contribution is 2.33. The van der Waals surface area contributed by atoms with Gasteiger partial charge < -0.3 is 14.4 Å². The Hall–Kier alpha value is -3.91. The number of rotatable bonds is 6. The third kappa shape index (κ3) is 4.08. The number of hydrogen-bond donors (Lipinski definition) is 0. The number of benzene rings is 3. The molecular weight excluding hydrogens is 428 g/mol. The summed E-state index contributed by atoms with van der Waals surface area (Å²) in [6.07, 6.45) is 0. The van der Waals surface area contributed by atoms with Crippen LogP contribution >= 0.6 is 0 Å². The molecule has 0 aliphatic carbocycles. The lowest BCUT2D eigenvalue weighted by Gasteiger charge is -2.39. The van der Waals surface area contributed by atoms with Crippen LogP contribution in [0.25, 0.3) is 0 Å². The minimum absolute atomic E-state index is 0.0249. The quantitative estimate of drug-likeness (QED) is 0.443. The number of anilines is 1. The summed E-state index contributed by atoms with van der Waals surface area (Å²) in [5, 5.41) is 12.9. The highest BCUT2D eigenvalue weighted by Gasteiger charge is 2.30. The molecular formula is C26H26N6O2. The molecule has 2 aliphatic rings. The van der Waals surface area contributed by atoms with Gasteiger partial charge in [0.05, 0.1) is 12.6 Å². The zero-order valence-corrected chi connectivity index (χ0v) is 18.8. The van der Waals surface area contributed by atoms with Crippen LogP contribution in [0.1, 0.15) is 23.0 Å². The molecule has 8 nitrogen and oxygen atoms in total. The summed E-state index contributed by atoms with van der Waals surface area (Å²) in [7, 11) is 0. The van der Waals surface area contributed by atoms with Gasteiger partial charge in [-0.15, -0.1) is 5.10 Å². The van der Waals surface area contributed by atoms with E-state index in [-0.39, 0.29) is 12.8 Å². The van der Waals surface area contributed by atoms with Gasteiger partial charge >= 0.3 is 0 Å². The van der Waals surface area contributed by atoms with Crippen LogP contribution in [0, 0.1) is 0 Å². The molecule has 6 rings (SSSR count). The summed E-state index contributed by atoms with van der Waals surface area (Å²) in [5.74, 6) is 2.39. The minimum atomic E-state index is -0.0249. The Kier molecular flexibility index (Phi) is 5.56. The van der Waals surface area contributed by atoms with Gasteiger partial charge in [-0.25, -0.2) is 4.68 Å². The van der Waals surface area contributed by atoms with Crippen LogP contribution in [0.5, 0.6) is 11.5 Å². The molecule has 0 saturated carbocycles. The molecule has 172 valence electrons. The van der Waals surface area contributed by atoms with Gasteiger partial charge in [0.25, 0.3) is 0 Å². The Balaban J connectivity index is 1.27. The Morgan fingerprint density at radius 3 is 2.32 bits per heavy atom. The van der Waals surface area contributed by atoms with Gasteiger partial charge in [-0.2, -0.15) is 0 Å². The third-order valence-corrected chi connectivity index (χ3v) is 6.49. The predicted octanol–water partition coefficient (Wildman–Crippen LogP) is 3.36. The lowest BCUT2D eigenvalue weighted by Crippen LogP contribution is -2.48. The Labute approximate surface area is 198 Å². The summed E-state index contributed by atoms with van der Waals surface area (Å²) in [5.41, 5.74) is 3.53. The highest BCUT2D eigenvalue weighted by molar-refractivity contribution is 5.47. The normalized spacial score (nSPS) is 16.5. The second kappa shape index (κ2) is 9.15. The summed E-state index contributed by atoms with van der Waals surface area (Å²) >= 11 is 0. The highest BCUT2D eigenvalue weighted by atomic mass is 16.7. The lowest BCUT2D eigenvalue weighted by atomic mass is 10.0. The maximum atomic E-state index is 5.55. The number of para-hydroxylation sites is 1. The lowest BCUT2D eigenvalue weighted by molar-refractivity contribution is 0.174. The molecule has 0 bridgehead atoms. The zero-order valence-electron chi connectivity index (χ0n) is 18.8. The SMILES string of the molecule is c1ccc([C@H](c2nnnn2Cc2ccc3c(c2)OCO3)N2CCN(c3ccccc3)CC2)cc1. The van der Waals surface area contributed by atoms with E-state index in [0.29, 0.717) is 6.54 Å². The van der Waals surface area contributed by atoms with Crippen molar-refractivity contribution in [1.29, 1.82) is 0 Å². The van der Waals surface area contributed by atoms with E-state index in [2.05, 4.69) is 79.9 Å². The number of hydrogen-bond acceptors (Lipinski definition) is 7. The van der Waals surface area contributed by atoms with E-state index >= 15 is 0 Å². The van der Waals surface area contributed by atoms with Crippen molar-refractivity contribution in [1.82, 2.24) is 25.1 Å². The van der Waals surface area contributed by atoms with E-state index in [1.807, 2.05) is 28.9 Å². The number of aromatic nitrogens is 4. The van der Waals surface area contributed by atoms with Crippen LogP contribution in [0.2, 0.25) is 0 Å². The molecule has 0 amide bonds. The fraction of sp³-hybridized carbons (Fsp3) is 0.269. The van der Waals surface area contributed by atoms with E-state index in [1.54, 1.807) is 0 Å². The smallest absolute Gasteiger partial charge is 0.231 e. The number of piperazine rings is 1. The molecule has 1 atom stereocenters. The van der Waals surface area contributed by atoms with E-state index in [1.165, 1.54) is 11.3 Å². The number of nitrogens with zero attached hydrogens (tertiary/aromatic N) is 6. The molecule has 0 spiro atoms. The van der Waals surface area contributed by atoms with Crippen LogP contribution in [0.15, 0.2) is 78.9 Å². The summed E-state index contributed by atoms with van der Waals surface area (Å²) in [6.45, 7) is 4.58. The van der Waals surface area contributed by atoms with E-state index in [0.717, 1.165) is 49.1 Å². The molecule has 2 aliphatic heterocycles. The summed E-state index contributed by atoms with van der Waals surface area (Å²) in [6, 6.07) is 27.1. The maximum absolute atomic E-state index is 5.55. The van der Waals surface area contributed by atoms with Crippen LogP contribution in [0.4, 0.5) is 5.69 Å². The van der Waals surface area contributed by atoms with Gasteiger partial charge in [0.1, 0.15) is 0 Å². The van der Waals surface area contributed by atoms with Crippen molar-refractivity contribution >= 4 is 5.69 Å². The maximum Gasteiger partial charge on any atom is 0.231 e. The van der Waals surface area contributed by atoms with E-state index in [4.69, 9.17) is 9.47 Å². The molecule has 4 aromatic rings. The Bertz CT molecular complexity index is 1240. The van der Waals surface area contributed by atoms with Crippen molar-refractivity contribution in [3.05, 3.63) is 95.8 Å². The number of ether oxygens (including phenoxy) is 2. The van der Waals surface area contributed by atoms with Crippen molar-refractivity contribution in [2.75, 3.05) is 37.9 Å². The van der Waals surface area contributed by atoms with E-state index < -0.39 is 0 Å². The van der Waals surface area contributed by atoms with Gasteiger partial charge in [0.15, 0.2) is 17.3 Å². The van der Waals surface area contributed by atoms with Gasteiger partial charge in [0.2, 0.25) is 6.79 Å². The molecule has 1 saturated heterocycles. The van der Waals surface area contributed by atoms with Crippen molar-refractivity contribution in [3.63, 3.8) is 0 Å². The fourth-order valence-electron chi connectivity index (χ4n) is 4.77. The monoisotopic (exact) mass is 454 g/mol. The molecule has 8 heteroatoms. The first kappa shape index (κ1) is 20.7. The minimum Gasteiger partial charge on any atom is -0.454 e. The standard InChI is InChI=1S/C26H26N6O2/c1-3-7-21(8-4-1)25(31-15-13-30(14-16-31)22-9-5-2-6-10-22)26-27-28-29-32(26)18-20-11-12-23-24(17-20)34-19-33-23/h1-12,17,25H,13-16,18-19H2/t25-/m1/s1. The van der Waals surface area contributed by atoms with Crippen LogP contribution < -0.4 is 14.4 Å². The van der Waals surface area contributed by atoms with Crippen molar-refractivity contribution in [2.24, 2.45) is 0 Å². The average Bonchev–Trinajstić information content (AvgIpc) is 3.55. The molecule has 0 N–H and O–H groups in total. The first-order valence-corrected chi connectivity index (χ1v) is 11.6. The van der Waals surface area contributed by atoms with Crippen LogP contribution in [-0.4, -0.2) is 58.1 Å². The van der Waals surface area contributed by atoms with Crippen molar-refractivity contribution in [2.45, 2.75) is 12.6 Å². The molecule has 34 heavy (non-hydrogen) atoms.